The van der Waals surface area contributed by atoms with Gasteiger partial charge in [-0.05, 0) is 83.5 Å². The number of allylic oxidation sites excluding steroid dienone is 7. The van der Waals surface area contributed by atoms with E-state index in [1.807, 2.05) is 6.08 Å². The smallest absolute Gasteiger partial charge is 0.305 e. The number of esters is 1. The Morgan fingerprint density at radius 2 is 0.722 bits per heavy atom. The van der Waals surface area contributed by atoms with Crippen molar-refractivity contribution in [3.63, 3.8) is 0 Å². The molecule has 1 amide bonds. The van der Waals surface area contributed by atoms with Crippen LogP contribution in [0.3, 0.4) is 0 Å². The maximum absolute atomic E-state index is 13.1. The van der Waals surface area contributed by atoms with Crippen molar-refractivity contribution < 1.29 is 49.3 Å². The first-order chi connectivity index (χ1) is 44.2. The summed E-state index contributed by atoms with van der Waals surface area (Å²) in [5.41, 5.74) is 0. The number of carbonyl (C=O) groups excluding carboxylic acids is 2. The van der Waals surface area contributed by atoms with Crippen molar-refractivity contribution in [1.82, 2.24) is 5.32 Å². The summed E-state index contributed by atoms with van der Waals surface area (Å²) in [6.07, 6.45) is 79.9. The predicted molar refractivity (Wildman–Crippen MR) is 380 cm³/mol. The summed E-state index contributed by atoms with van der Waals surface area (Å²) in [6.45, 7) is 4.35. The number of ether oxygens (including phenoxy) is 3. The van der Waals surface area contributed by atoms with E-state index in [4.69, 9.17) is 14.2 Å². The molecule has 0 aliphatic carbocycles. The molecule has 0 spiro atoms. The zero-order valence-corrected chi connectivity index (χ0v) is 58.9. The lowest BCUT2D eigenvalue weighted by atomic mass is 9.99. The third kappa shape index (κ3) is 56.0. The van der Waals surface area contributed by atoms with Crippen LogP contribution in [-0.2, 0) is 23.8 Å². The van der Waals surface area contributed by atoms with Crippen LogP contribution >= 0.6 is 0 Å². The standard InChI is InChI=1S/C79H147NO10/c1-3-5-7-9-11-13-15-17-39-42-45-49-53-57-61-65-72(82)71(70-89-79-78(87)77(86)76(85)73(69-81)90-79)80-74(83)66-62-58-54-50-46-43-40-37-35-33-31-29-27-25-23-21-19-18-20-22-24-26-28-30-32-34-36-38-41-44-48-52-56-60-64-68-88-75(84)67-63-59-55-51-47-16-14-12-10-8-6-4-2/h15,17,20,22,45,49,61,65,71-73,76-79,81-82,85-87H,3-14,16,18-19,21,23-44,46-48,50-60,62-64,66-70H2,1-2H3,(H,80,83)/b17-15+,22-20-,49-45+,65-61+. The summed E-state index contributed by atoms with van der Waals surface area (Å²) in [7, 11) is 0. The van der Waals surface area contributed by atoms with Crippen molar-refractivity contribution in [3.05, 3.63) is 48.6 Å². The Balaban J connectivity index is 1.95. The quantitative estimate of drug-likeness (QED) is 0.0195. The van der Waals surface area contributed by atoms with E-state index >= 15 is 0 Å². The molecule has 528 valence electrons. The molecule has 7 unspecified atom stereocenters. The second-order valence-electron chi connectivity index (χ2n) is 27.0. The molecule has 6 N–H and O–H groups in total. The number of hydrogen-bond acceptors (Lipinski definition) is 10. The van der Waals surface area contributed by atoms with Gasteiger partial charge in [-0.15, -0.1) is 0 Å². The van der Waals surface area contributed by atoms with E-state index in [-0.39, 0.29) is 18.5 Å². The first kappa shape index (κ1) is 85.6. The topological polar surface area (TPSA) is 175 Å². The summed E-state index contributed by atoms with van der Waals surface area (Å²) < 4.78 is 16.8. The van der Waals surface area contributed by atoms with E-state index < -0.39 is 49.5 Å². The molecule has 0 radical (unpaired) electrons. The normalized spacial score (nSPS) is 17.9. The van der Waals surface area contributed by atoms with Crippen LogP contribution in [0.5, 0.6) is 0 Å². The van der Waals surface area contributed by atoms with E-state index in [9.17, 15) is 35.1 Å². The zero-order chi connectivity index (χ0) is 65.1. The number of aliphatic hydroxyl groups excluding tert-OH is 5. The lowest BCUT2D eigenvalue weighted by Gasteiger charge is -2.40. The number of unbranched alkanes of at least 4 members (excludes halogenated alkanes) is 49. The Bertz CT molecular complexity index is 1630. The average molecular weight is 1270 g/mol. The number of amides is 1. The van der Waals surface area contributed by atoms with Crippen LogP contribution in [0.1, 0.15) is 380 Å². The van der Waals surface area contributed by atoms with Gasteiger partial charge in [0.1, 0.15) is 24.4 Å². The van der Waals surface area contributed by atoms with Crippen LogP contribution in [0, 0.1) is 0 Å². The molecular formula is C79H147NO10. The van der Waals surface area contributed by atoms with Crippen LogP contribution in [-0.4, -0.2) is 100 Å². The van der Waals surface area contributed by atoms with Crippen LogP contribution < -0.4 is 5.32 Å². The SMILES string of the molecule is CCCCCCC/C=C/CC/C=C/CC/C=C/C(O)C(COC1OC(CO)C(O)C(O)C1O)NC(=O)CCCCCCCCCCCCCCCCCCC/C=C\CCCCCCCCCCCCCCCCOC(=O)CCCCCCCCCCCCCC. The van der Waals surface area contributed by atoms with Crippen molar-refractivity contribution in [2.24, 2.45) is 0 Å². The number of aliphatic hydroxyl groups is 5. The minimum absolute atomic E-state index is 0.0143. The molecule has 0 saturated carbocycles. The molecule has 11 nitrogen and oxygen atoms in total. The van der Waals surface area contributed by atoms with Gasteiger partial charge >= 0.3 is 5.97 Å². The largest absolute Gasteiger partial charge is 0.466 e. The monoisotopic (exact) mass is 1270 g/mol. The van der Waals surface area contributed by atoms with Crippen molar-refractivity contribution in [1.29, 1.82) is 0 Å². The molecule has 0 aromatic carbocycles. The molecule has 0 bridgehead atoms. The fourth-order valence-electron chi connectivity index (χ4n) is 12.3. The van der Waals surface area contributed by atoms with E-state index in [1.165, 1.54) is 289 Å². The van der Waals surface area contributed by atoms with Gasteiger partial charge in [0.2, 0.25) is 5.91 Å². The first-order valence-corrected chi connectivity index (χ1v) is 38.9. The third-order valence-electron chi connectivity index (χ3n) is 18.4. The Kier molecular flexibility index (Phi) is 64.7. The molecule has 1 rings (SSSR count). The zero-order valence-electron chi connectivity index (χ0n) is 58.9. The molecule has 1 heterocycles. The van der Waals surface area contributed by atoms with E-state index in [0.717, 1.165) is 64.2 Å². The molecule has 7 atom stereocenters. The highest BCUT2D eigenvalue weighted by atomic mass is 16.7. The van der Waals surface area contributed by atoms with Crippen molar-refractivity contribution in [3.8, 4) is 0 Å². The fraction of sp³-hybridized carbons (Fsp3) is 0.873. The molecule has 1 aliphatic heterocycles. The highest BCUT2D eigenvalue weighted by Gasteiger charge is 2.44. The highest BCUT2D eigenvalue weighted by Crippen LogP contribution is 2.24. The van der Waals surface area contributed by atoms with Gasteiger partial charge in [0.25, 0.3) is 0 Å². The van der Waals surface area contributed by atoms with Gasteiger partial charge < -0.3 is 45.1 Å². The fourth-order valence-corrected chi connectivity index (χ4v) is 12.3. The minimum atomic E-state index is -1.58. The molecule has 90 heavy (non-hydrogen) atoms. The first-order valence-electron chi connectivity index (χ1n) is 38.9. The number of hydrogen-bond donors (Lipinski definition) is 6. The number of rotatable bonds is 69. The van der Waals surface area contributed by atoms with E-state index in [2.05, 4.69) is 55.6 Å². The molecule has 1 aliphatic rings. The van der Waals surface area contributed by atoms with Crippen molar-refractivity contribution in [2.75, 3.05) is 19.8 Å². The summed E-state index contributed by atoms with van der Waals surface area (Å²) in [6, 6.07) is -0.833. The Morgan fingerprint density at radius 3 is 1.10 bits per heavy atom. The van der Waals surface area contributed by atoms with Crippen LogP contribution in [0.4, 0.5) is 0 Å². The Labute approximate surface area is 555 Å². The van der Waals surface area contributed by atoms with Gasteiger partial charge in [-0.1, -0.05) is 332 Å². The average Bonchev–Trinajstić information content (AvgIpc) is 2.63. The van der Waals surface area contributed by atoms with Gasteiger partial charge in [0.15, 0.2) is 6.29 Å². The molecule has 1 saturated heterocycles. The predicted octanol–water partition coefficient (Wildman–Crippen LogP) is 20.7. The molecule has 1 fully saturated rings. The summed E-state index contributed by atoms with van der Waals surface area (Å²) in [5.74, 6) is -0.177. The maximum Gasteiger partial charge on any atom is 0.305 e. The second kappa shape index (κ2) is 68.0. The highest BCUT2D eigenvalue weighted by molar-refractivity contribution is 5.76. The van der Waals surface area contributed by atoms with Crippen molar-refractivity contribution in [2.45, 2.75) is 423 Å². The maximum atomic E-state index is 13.1. The lowest BCUT2D eigenvalue weighted by Crippen LogP contribution is -2.60. The van der Waals surface area contributed by atoms with Gasteiger partial charge in [0.05, 0.1) is 32.0 Å². The van der Waals surface area contributed by atoms with Crippen LogP contribution in [0.25, 0.3) is 0 Å². The van der Waals surface area contributed by atoms with Gasteiger partial charge in [-0.3, -0.25) is 9.59 Å². The van der Waals surface area contributed by atoms with Crippen molar-refractivity contribution >= 4 is 11.9 Å². The van der Waals surface area contributed by atoms with E-state index in [0.29, 0.717) is 19.4 Å². The van der Waals surface area contributed by atoms with Crippen LogP contribution in [0.2, 0.25) is 0 Å². The third-order valence-corrected chi connectivity index (χ3v) is 18.4. The van der Waals surface area contributed by atoms with Gasteiger partial charge in [-0.2, -0.15) is 0 Å². The number of carbonyl (C=O) groups is 2. The van der Waals surface area contributed by atoms with Gasteiger partial charge in [-0.25, -0.2) is 0 Å². The molecule has 0 aromatic heterocycles. The summed E-state index contributed by atoms with van der Waals surface area (Å²) in [4.78, 5) is 25.1. The van der Waals surface area contributed by atoms with Gasteiger partial charge in [0, 0.05) is 12.8 Å². The minimum Gasteiger partial charge on any atom is -0.466 e. The van der Waals surface area contributed by atoms with Crippen LogP contribution in [0.15, 0.2) is 48.6 Å². The Hall–Kier alpha value is -2.38. The number of nitrogens with one attached hydrogen (secondary N) is 1. The Morgan fingerprint density at radius 1 is 0.400 bits per heavy atom. The molecular weight excluding hydrogens is 1120 g/mol. The lowest BCUT2D eigenvalue weighted by molar-refractivity contribution is -0.302. The summed E-state index contributed by atoms with van der Waals surface area (Å²) in [5, 5.41) is 54.6. The van der Waals surface area contributed by atoms with E-state index in [1.54, 1.807) is 6.08 Å². The molecule has 0 aromatic rings. The summed E-state index contributed by atoms with van der Waals surface area (Å²) >= 11 is 0. The molecule has 11 heteroatoms. The second-order valence-corrected chi connectivity index (χ2v) is 27.0.